The molecule has 1 aromatic carbocycles. The average Bonchev–Trinajstić information content (AvgIpc) is 3.52. The van der Waals surface area contributed by atoms with E-state index in [4.69, 9.17) is 29.5 Å². The van der Waals surface area contributed by atoms with Crippen LogP contribution in [0.1, 0.15) is 70.9 Å². The standard InChI is InChI=1S/C36H49N9O4/c1-24(16-39-23-38)49-34-14-28(4-5-29(34)15-37)30-17-40-36(41-18-30)42-33-21-45(43-35(33)47-22-27-10-12-46-13-11-27)32-8-6-31(7-9-32)44-19-25(2)48-26(3)20-44/h4-5,14,17-18,21,23-27,31-32H,6-13,16,19-20,22H2,1-3H3,(H2,38,39)(H,40,41,42)/t24-,25-,26+,31?,32?/m0/s1. The van der Waals surface area contributed by atoms with Crippen molar-refractivity contribution in [3.63, 3.8) is 0 Å². The highest BCUT2D eigenvalue weighted by atomic mass is 16.5. The summed E-state index contributed by atoms with van der Waals surface area (Å²) in [6.45, 7) is 10.8. The van der Waals surface area contributed by atoms with Crippen LogP contribution in [-0.4, -0.2) is 94.8 Å². The molecule has 1 saturated carbocycles. The highest BCUT2D eigenvalue weighted by Gasteiger charge is 2.32. The van der Waals surface area contributed by atoms with E-state index in [2.05, 4.69) is 50.1 Å². The minimum Gasteiger partial charge on any atom is -0.487 e. The minimum absolute atomic E-state index is 0.233. The van der Waals surface area contributed by atoms with Crippen LogP contribution in [0.5, 0.6) is 11.6 Å². The third-order valence-corrected chi connectivity index (χ3v) is 9.67. The van der Waals surface area contributed by atoms with Crippen molar-refractivity contribution in [2.75, 3.05) is 44.8 Å². The lowest BCUT2D eigenvalue weighted by molar-refractivity contribution is -0.0852. The number of anilines is 2. The van der Waals surface area contributed by atoms with Crippen LogP contribution in [0.2, 0.25) is 0 Å². The Kier molecular flexibility index (Phi) is 11.6. The van der Waals surface area contributed by atoms with Crippen molar-refractivity contribution >= 4 is 18.0 Å². The van der Waals surface area contributed by atoms with E-state index in [-0.39, 0.29) is 18.3 Å². The van der Waals surface area contributed by atoms with Gasteiger partial charge in [0.1, 0.15) is 23.6 Å². The zero-order valence-electron chi connectivity index (χ0n) is 28.8. The van der Waals surface area contributed by atoms with E-state index in [9.17, 15) is 5.26 Å². The second-order valence-corrected chi connectivity index (χ2v) is 13.6. The van der Waals surface area contributed by atoms with Gasteiger partial charge in [-0.15, -0.1) is 5.10 Å². The van der Waals surface area contributed by atoms with Gasteiger partial charge in [0.05, 0.1) is 49.5 Å². The van der Waals surface area contributed by atoms with Crippen molar-refractivity contribution in [3.8, 4) is 28.8 Å². The molecule has 3 aromatic rings. The average molecular weight is 672 g/mol. The monoisotopic (exact) mass is 671 g/mol. The number of morpholine rings is 1. The summed E-state index contributed by atoms with van der Waals surface area (Å²) in [6, 6.07) is 8.49. The summed E-state index contributed by atoms with van der Waals surface area (Å²) in [6.07, 6.45) is 13.4. The number of rotatable bonds is 13. The Balaban J connectivity index is 1.15. The Hall–Kier alpha value is -4.25. The molecule has 0 amide bonds. The van der Waals surface area contributed by atoms with E-state index in [0.29, 0.717) is 54.3 Å². The Morgan fingerprint density at radius 1 is 1.04 bits per heavy atom. The first-order valence-electron chi connectivity index (χ1n) is 17.6. The van der Waals surface area contributed by atoms with Gasteiger partial charge in [0.2, 0.25) is 5.95 Å². The van der Waals surface area contributed by atoms with Gasteiger partial charge in [-0.2, -0.15) is 5.26 Å². The van der Waals surface area contributed by atoms with E-state index >= 15 is 0 Å². The highest BCUT2D eigenvalue weighted by molar-refractivity contribution is 5.67. The SMILES string of the molecule is C[C@@H]1CN(C2CCC(n3cc(Nc4ncc(-c5ccc(C#N)c(O[C@@H](C)CNC=N)c5)cn4)c(OCC4CCOCC4)n3)CC2)C[C@H](C)O1. The molecule has 6 rings (SSSR count). The van der Waals surface area contributed by atoms with Crippen LogP contribution in [0.25, 0.3) is 11.1 Å². The zero-order chi connectivity index (χ0) is 34.2. The predicted molar refractivity (Wildman–Crippen MR) is 186 cm³/mol. The van der Waals surface area contributed by atoms with Crippen molar-refractivity contribution in [1.82, 2.24) is 30.0 Å². The first kappa shape index (κ1) is 34.6. The summed E-state index contributed by atoms with van der Waals surface area (Å²) in [4.78, 5) is 11.9. The summed E-state index contributed by atoms with van der Waals surface area (Å²) in [5, 5.41) is 27.9. The molecule has 13 nitrogen and oxygen atoms in total. The van der Waals surface area contributed by atoms with Crippen molar-refractivity contribution in [3.05, 3.63) is 42.4 Å². The fraction of sp³-hybridized carbons (Fsp3) is 0.583. The van der Waals surface area contributed by atoms with E-state index in [1.807, 2.05) is 25.3 Å². The van der Waals surface area contributed by atoms with Gasteiger partial charge in [-0.3, -0.25) is 15.0 Å². The van der Waals surface area contributed by atoms with Gasteiger partial charge in [0, 0.05) is 50.3 Å². The molecule has 0 radical (unpaired) electrons. The molecular weight excluding hydrogens is 622 g/mol. The van der Waals surface area contributed by atoms with E-state index in [0.717, 1.165) is 88.0 Å². The van der Waals surface area contributed by atoms with E-state index in [1.54, 1.807) is 18.5 Å². The van der Waals surface area contributed by atoms with Crippen molar-refractivity contribution < 1.29 is 18.9 Å². The number of nitrogens with one attached hydrogen (secondary N) is 3. The summed E-state index contributed by atoms with van der Waals surface area (Å²) in [7, 11) is 0. The van der Waals surface area contributed by atoms with Crippen LogP contribution < -0.4 is 20.1 Å². The molecule has 1 aliphatic carbocycles. The predicted octanol–water partition coefficient (Wildman–Crippen LogP) is 5.32. The van der Waals surface area contributed by atoms with E-state index in [1.165, 1.54) is 0 Å². The second-order valence-electron chi connectivity index (χ2n) is 13.6. The van der Waals surface area contributed by atoms with Crippen molar-refractivity contribution in [2.24, 2.45) is 5.92 Å². The van der Waals surface area contributed by atoms with Crippen molar-refractivity contribution in [2.45, 2.75) is 89.7 Å². The molecule has 0 bridgehead atoms. The molecule has 2 saturated heterocycles. The maximum atomic E-state index is 9.60. The lowest BCUT2D eigenvalue weighted by Crippen LogP contribution is -2.51. The number of hydrogen-bond acceptors (Lipinski definition) is 11. The summed E-state index contributed by atoms with van der Waals surface area (Å²) < 4.78 is 26.0. The fourth-order valence-corrected chi connectivity index (χ4v) is 7.11. The van der Waals surface area contributed by atoms with Gasteiger partial charge < -0.3 is 29.6 Å². The Bertz CT molecular complexity index is 1550. The molecule has 3 atom stereocenters. The molecule has 13 heteroatoms. The van der Waals surface area contributed by atoms with Crippen molar-refractivity contribution in [1.29, 1.82) is 10.7 Å². The largest absolute Gasteiger partial charge is 0.487 e. The molecule has 2 aromatic heterocycles. The Labute approximate surface area is 288 Å². The summed E-state index contributed by atoms with van der Waals surface area (Å²) >= 11 is 0. The molecule has 3 aliphatic rings. The lowest BCUT2D eigenvalue weighted by atomic mass is 9.89. The Morgan fingerprint density at radius 2 is 1.76 bits per heavy atom. The third-order valence-electron chi connectivity index (χ3n) is 9.67. The number of ether oxygens (including phenoxy) is 4. The van der Waals surface area contributed by atoms with Crippen LogP contribution in [0.4, 0.5) is 11.6 Å². The quantitative estimate of drug-likeness (QED) is 0.160. The molecule has 4 heterocycles. The van der Waals surface area contributed by atoms with Gasteiger partial charge in [-0.1, -0.05) is 6.07 Å². The van der Waals surface area contributed by atoms with Gasteiger partial charge >= 0.3 is 0 Å². The van der Waals surface area contributed by atoms with Crippen LogP contribution >= 0.6 is 0 Å². The fourth-order valence-electron chi connectivity index (χ4n) is 7.11. The van der Waals surface area contributed by atoms with E-state index < -0.39 is 0 Å². The topological polar surface area (TPSA) is 155 Å². The number of nitriles is 1. The van der Waals surface area contributed by atoms with Crippen LogP contribution in [0, 0.1) is 22.7 Å². The third kappa shape index (κ3) is 9.06. The van der Waals surface area contributed by atoms with Gasteiger partial charge in [-0.25, -0.2) is 9.97 Å². The Morgan fingerprint density at radius 3 is 2.45 bits per heavy atom. The van der Waals surface area contributed by atoms with Crippen LogP contribution in [0.15, 0.2) is 36.8 Å². The molecule has 3 N–H and O–H groups in total. The van der Waals surface area contributed by atoms with Crippen LogP contribution in [0.3, 0.4) is 0 Å². The van der Waals surface area contributed by atoms with Gasteiger partial charge in [0.15, 0.2) is 0 Å². The van der Waals surface area contributed by atoms with Gasteiger partial charge in [0.25, 0.3) is 5.88 Å². The van der Waals surface area contributed by atoms with Crippen LogP contribution in [-0.2, 0) is 9.47 Å². The molecule has 0 spiro atoms. The molecular formula is C36H49N9O4. The lowest BCUT2D eigenvalue weighted by Gasteiger charge is -2.42. The zero-order valence-corrected chi connectivity index (χ0v) is 28.8. The molecule has 3 fully saturated rings. The summed E-state index contributed by atoms with van der Waals surface area (Å²) in [5.74, 6) is 1.92. The summed E-state index contributed by atoms with van der Waals surface area (Å²) in [5.41, 5.74) is 2.81. The first-order valence-corrected chi connectivity index (χ1v) is 17.6. The number of hydrogen-bond donors (Lipinski definition) is 3. The van der Waals surface area contributed by atoms with Gasteiger partial charge in [-0.05, 0) is 82.9 Å². The number of aromatic nitrogens is 4. The number of nitrogens with zero attached hydrogens (tertiary/aromatic N) is 6. The maximum absolute atomic E-state index is 9.60. The first-order chi connectivity index (χ1) is 23.9. The molecule has 0 unspecified atom stereocenters. The maximum Gasteiger partial charge on any atom is 0.256 e. The second kappa shape index (κ2) is 16.4. The molecule has 2 aliphatic heterocycles. The molecule has 262 valence electrons. The molecule has 49 heavy (non-hydrogen) atoms. The minimum atomic E-state index is -0.233. The number of benzene rings is 1. The highest BCUT2D eigenvalue weighted by Crippen LogP contribution is 2.36. The normalized spacial score (nSPS) is 24.0. The smallest absolute Gasteiger partial charge is 0.256 e.